The van der Waals surface area contributed by atoms with Crippen LogP contribution in [0, 0.1) is 0 Å². The third-order valence-electron chi connectivity index (χ3n) is 2.96. The van der Waals surface area contributed by atoms with Gasteiger partial charge in [0, 0.05) is 17.8 Å². The van der Waals surface area contributed by atoms with Crippen LogP contribution in [0.25, 0.3) is 11.0 Å². The van der Waals surface area contributed by atoms with E-state index in [-0.39, 0.29) is 35.3 Å². The summed E-state index contributed by atoms with van der Waals surface area (Å²) in [5, 5.41) is 11.6. The summed E-state index contributed by atoms with van der Waals surface area (Å²) in [6, 6.07) is 9.17. The maximum atomic E-state index is 10.8. The molecule has 2 heterocycles. The number of rotatable bonds is 3. The second kappa shape index (κ2) is 6.75. The first-order valence-electron chi connectivity index (χ1n) is 5.96. The van der Waals surface area contributed by atoms with Crippen LogP contribution in [-0.2, 0) is 6.42 Å². The molecule has 4 nitrogen and oxygen atoms in total. The van der Waals surface area contributed by atoms with Crippen molar-refractivity contribution in [3.63, 3.8) is 0 Å². The minimum atomic E-state index is -1.32. The van der Waals surface area contributed by atoms with Crippen LogP contribution in [0.1, 0.15) is 21.7 Å². The zero-order valence-corrected chi connectivity index (χ0v) is 14.9. The molecule has 1 aromatic carbocycles. The Labute approximate surface area is 151 Å². The number of aromatic carboxylic acids is 1. The Morgan fingerprint density at radius 1 is 1.29 bits per heavy atom. The average molecular weight is 354 g/mol. The van der Waals surface area contributed by atoms with Crippen molar-refractivity contribution < 1.29 is 43.9 Å². The molecule has 0 unspecified atom stereocenters. The van der Waals surface area contributed by atoms with Gasteiger partial charge < -0.3 is 14.3 Å². The molecule has 21 heavy (non-hydrogen) atoms. The molecule has 0 radical (unpaired) electrons. The number of nitrogens with zero attached hydrogens (tertiary/aromatic N) is 1. The number of fused-ring (bicyclic) bond motifs is 1. The maximum Gasteiger partial charge on any atom is 1.00 e. The Bertz CT molecular complexity index is 786. The van der Waals surface area contributed by atoms with E-state index >= 15 is 0 Å². The van der Waals surface area contributed by atoms with E-state index in [0.29, 0.717) is 12.0 Å². The van der Waals surface area contributed by atoms with Gasteiger partial charge in [-0.1, -0.05) is 6.07 Å². The predicted octanol–water partition coefficient (Wildman–Crippen LogP) is -0.451. The summed E-state index contributed by atoms with van der Waals surface area (Å²) >= 11 is 3.40. The van der Waals surface area contributed by atoms with Crippen molar-refractivity contribution in [2.75, 3.05) is 0 Å². The van der Waals surface area contributed by atoms with Gasteiger partial charge in [0.1, 0.15) is 11.6 Å². The van der Waals surface area contributed by atoms with Crippen LogP contribution in [0.4, 0.5) is 0 Å². The Morgan fingerprint density at radius 3 is 2.76 bits per heavy atom. The fourth-order valence-electron chi connectivity index (χ4n) is 2.11. The molecule has 0 atom stereocenters. The van der Waals surface area contributed by atoms with Crippen molar-refractivity contribution in [3.8, 4) is 0 Å². The first kappa shape index (κ1) is 16.2. The molecule has 0 saturated carbocycles. The fraction of sp³-hybridized carbons (Fsp3) is 0.0667. The molecule has 3 aromatic rings. The molecule has 3 rings (SSSR count). The molecule has 6 heteroatoms. The Balaban J connectivity index is 0.00000161. The number of halogens is 1. The van der Waals surface area contributed by atoms with Crippen LogP contribution in [0.3, 0.4) is 0 Å². The molecule has 2 aromatic heterocycles. The summed E-state index contributed by atoms with van der Waals surface area (Å²) in [6.07, 6.45) is 4.25. The van der Waals surface area contributed by atoms with Gasteiger partial charge in [-0.05, 0) is 57.7 Å². The van der Waals surface area contributed by atoms with Gasteiger partial charge in [0.2, 0.25) is 0 Å². The Morgan fingerprint density at radius 2 is 2.10 bits per heavy atom. The minimum Gasteiger partial charge on any atom is -0.542 e. The zero-order valence-electron chi connectivity index (χ0n) is 11.3. The number of hydrogen-bond donors (Lipinski definition) is 0. The second-order valence-electron chi connectivity index (χ2n) is 4.43. The number of carboxylic acids is 1. The third-order valence-corrected chi connectivity index (χ3v) is 3.55. The standard InChI is InChI=1S/C15H10BrNO3.Na/c16-12-6-10(4-9-2-1-3-17-8-9)5-11-7-13(15(18)19)20-14(11)12;/h1-3,5-8H,4H2,(H,18,19);/q;+1/p-1. The first-order valence-corrected chi connectivity index (χ1v) is 6.75. The van der Waals surface area contributed by atoms with Crippen molar-refractivity contribution in [2.24, 2.45) is 0 Å². The van der Waals surface area contributed by atoms with Crippen LogP contribution in [0.5, 0.6) is 0 Å². The van der Waals surface area contributed by atoms with Crippen molar-refractivity contribution in [1.29, 1.82) is 0 Å². The summed E-state index contributed by atoms with van der Waals surface area (Å²) in [5.74, 6) is -1.49. The Hall–Kier alpha value is -1.14. The van der Waals surface area contributed by atoms with E-state index in [4.69, 9.17) is 4.42 Å². The molecule has 0 N–H and O–H groups in total. The number of furan rings is 1. The van der Waals surface area contributed by atoms with Crippen molar-refractivity contribution in [3.05, 3.63) is 64.1 Å². The quantitative estimate of drug-likeness (QED) is 0.598. The van der Waals surface area contributed by atoms with E-state index < -0.39 is 5.97 Å². The van der Waals surface area contributed by atoms with Gasteiger partial charge in [0.25, 0.3) is 0 Å². The number of hydrogen-bond acceptors (Lipinski definition) is 4. The van der Waals surface area contributed by atoms with Crippen LogP contribution >= 0.6 is 15.9 Å². The fourth-order valence-corrected chi connectivity index (χ4v) is 2.71. The van der Waals surface area contributed by atoms with Crippen LogP contribution in [0.2, 0.25) is 0 Å². The van der Waals surface area contributed by atoms with Crippen LogP contribution in [-0.4, -0.2) is 11.0 Å². The predicted molar refractivity (Wildman–Crippen MR) is 75.3 cm³/mol. The second-order valence-corrected chi connectivity index (χ2v) is 5.29. The molecule has 0 fully saturated rings. The molecular weight excluding hydrogens is 345 g/mol. The van der Waals surface area contributed by atoms with Gasteiger partial charge in [0.15, 0.2) is 5.76 Å². The molecule has 0 aliphatic carbocycles. The Kier molecular flexibility index (Phi) is 5.22. The summed E-state index contributed by atoms with van der Waals surface area (Å²) in [6.45, 7) is 0. The van der Waals surface area contributed by atoms with Gasteiger partial charge in [-0.25, -0.2) is 0 Å². The van der Waals surface area contributed by atoms with E-state index in [1.807, 2.05) is 24.3 Å². The average Bonchev–Trinajstić information content (AvgIpc) is 2.84. The molecule has 0 saturated heterocycles. The van der Waals surface area contributed by atoms with E-state index in [1.165, 1.54) is 6.07 Å². The number of carbonyl (C=O) groups excluding carboxylic acids is 1. The van der Waals surface area contributed by atoms with Gasteiger partial charge in [0.05, 0.1) is 4.47 Å². The van der Waals surface area contributed by atoms with E-state index in [2.05, 4.69) is 20.9 Å². The monoisotopic (exact) mass is 353 g/mol. The third kappa shape index (κ3) is 3.55. The molecule has 0 amide bonds. The van der Waals surface area contributed by atoms with E-state index in [0.717, 1.165) is 21.0 Å². The molecule has 100 valence electrons. The zero-order chi connectivity index (χ0) is 14.1. The number of carboxylic acid groups (broad SMARTS) is 1. The maximum absolute atomic E-state index is 10.8. The number of benzene rings is 1. The van der Waals surface area contributed by atoms with Crippen molar-refractivity contribution >= 4 is 32.9 Å². The van der Waals surface area contributed by atoms with Crippen LogP contribution in [0.15, 0.2) is 51.6 Å². The normalized spacial score (nSPS) is 10.3. The van der Waals surface area contributed by atoms with Gasteiger partial charge in [-0.3, -0.25) is 4.98 Å². The number of aromatic nitrogens is 1. The number of pyridine rings is 1. The summed E-state index contributed by atoms with van der Waals surface area (Å²) < 4.78 is 5.97. The van der Waals surface area contributed by atoms with E-state index in [1.54, 1.807) is 12.4 Å². The van der Waals surface area contributed by atoms with Gasteiger partial charge in [-0.2, -0.15) is 0 Å². The topological polar surface area (TPSA) is 66.2 Å². The van der Waals surface area contributed by atoms with Crippen molar-refractivity contribution in [2.45, 2.75) is 6.42 Å². The summed E-state index contributed by atoms with van der Waals surface area (Å²) in [5.41, 5.74) is 2.64. The van der Waals surface area contributed by atoms with Gasteiger partial charge in [-0.15, -0.1) is 0 Å². The molecular formula is C15H9BrNNaO3. The molecule has 0 aliphatic heterocycles. The van der Waals surface area contributed by atoms with Crippen LogP contribution < -0.4 is 34.7 Å². The van der Waals surface area contributed by atoms with Crippen molar-refractivity contribution in [1.82, 2.24) is 4.98 Å². The summed E-state index contributed by atoms with van der Waals surface area (Å²) in [4.78, 5) is 14.9. The minimum absolute atomic E-state index is 0. The smallest absolute Gasteiger partial charge is 0.542 e. The number of carbonyl (C=O) groups is 1. The largest absolute Gasteiger partial charge is 1.00 e. The molecule has 0 spiro atoms. The van der Waals surface area contributed by atoms with Gasteiger partial charge >= 0.3 is 29.6 Å². The van der Waals surface area contributed by atoms with E-state index in [9.17, 15) is 9.90 Å². The first-order chi connectivity index (χ1) is 9.63. The summed E-state index contributed by atoms with van der Waals surface area (Å²) in [7, 11) is 0. The molecule has 0 bridgehead atoms. The molecule has 0 aliphatic rings. The SMILES string of the molecule is O=C([O-])c1cc2cc(Cc3cccnc3)cc(Br)c2o1.[Na+].